The third kappa shape index (κ3) is 6.50. The quantitative estimate of drug-likeness (QED) is 0.313. The lowest BCUT2D eigenvalue weighted by Crippen LogP contribution is -2.42. The topological polar surface area (TPSA) is 171 Å². The SMILES string of the molecule is COCCc1cc2cnc(NC3CCN(S(C)(=O)=O)CC3)nc2n(CCCS(=O)(=O)n2cnc(C3CC3)n2)c1=O.[HH]. The second kappa shape index (κ2) is 11.5. The lowest BCUT2D eigenvalue weighted by molar-refractivity contribution is 0.202. The summed E-state index contributed by atoms with van der Waals surface area (Å²) in [6.45, 7) is 1.29. The second-order valence-electron chi connectivity index (χ2n) is 10.3. The van der Waals surface area contributed by atoms with Gasteiger partial charge in [-0.05, 0) is 38.2 Å². The minimum Gasteiger partial charge on any atom is -0.384 e. The van der Waals surface area contributed by atoms with Crippen molar-refractivity contribution in [3.05, 3.63) is 40.3 Å². The number of ether oxygens (including phenoxy) is 1. The van der Waals surface area contributed by atoms with Gasteiger partial charge in [-0.2, -0.15) is 4.98 Å². The number of methoxy groups -OCH3 is 1. The smallest absolute Gasteiger partial charge is 0.255 e. The van der Waals surface area contributed by atoms with Gasteiger partial charge in [0.05, 0.1) is 18.6 Å². The van der Waals surface area contributed by atoms with Crippen LogP contribution in [0.25, 0.3) is 11.0 Å². The first-order chi connectivity index (χ1) is 19.0. The lowest BCUT2D eigenvalue weighted by atomic mass is 10.1. The van der Waals surface area contributed by atoms with E-state index in [9.17, 15) is 21.6 Å². The van der Waals surface area contributed by atoms with E-state index in [0.717, 1.165) is 16.9 Å². The minimum atomic E-state index is -3.73. The number of hydrogen-bond acceptors (Lipinski definition) is 11. The maximum Gasteiger partial charge on any atom is 0.255 e. The Bertz CT molecular complexity index is 1650. The molecule has 0 radical (unpaired) electrons. The van der Waals surface area contributed by atoms with Gasteiger partial charge in [0.25, 0.3) is 15.6 Å². The van der Waals surface area contributed by atoms with Crippen LogP contribution in [0.5, 0.6) is 0 Å². The number of hydrogen-bond donors (Lipinski definition) is 1. The molecule has 0 atom stereocenters. The van der Waals surface area contributed by atoms with Crippen LogP contribution in [0.1, 0.15) is 50.8 Å². The van der Waals surface area contributed by atoms with Crippen LogP contribution in [-0.4, -0.2) is 94.7 Å². The largest absolute Gasteiger partial charge is 0.384 e. The van der Waals surface area contributed by atoms with Gasteiger partial charge < -0.3 is 10.1 Å². The molecule has 0 amide bonds. The number of piperidine rings is 1. The molecule has 0 spiro atoms. The molecule has 4 heterocycles. The number of nitrogens with one attached hydrogen (secondary N) is 1. The van der Waals surface area contributed by atoms with E-state index in [0.29, 0.717) is 67.3 Å². The highest BCUT2D eigenvalue weighted by atomic mass is 32.2. The van der Waals surface area contributed by atoms with E-state index < -0.39 is 20.0 Å². The third-order valence-corrected chi connectivity index (χ3v) is 10.1. The van der Waals surface area contributed by atoms with E-state index in [4.69, 9.17) is 4.74 Å². The van der Waals surface area contributed by atoms with Gasteiger partial charge in [0.1, 0.15) is 12.0 Å². The summed E-state index contributed by atoms with van der Waals surface area (Å²) in [5.41, 5.74) is 0.663. The van der Waals surface area contributed by atoms with E-state index in [-0.39, 0.29) is 37.7 Å². The van der Waals surface area contributed by atoms with Crippen molar-refractivity contribution < 1.29 is 23.0 Å². The van der Waals surface area contributed by atoms with Crippen molar-refractivity contribution >= 4 is 37.0 Å². The van der Waals surface area contributed by atoms with E-state index in [1.54, 1.807) is 19.4 Å². The molecule has 5 rings (SSSR count). The number of pyridine rings is 1. The van der Waals surface area contributed by atoms with Crippen LogP contribution in [-0.2, 0) is 37.7 Å². The van der Waals surface area contributed by atoms with E-state index in [1.807, 2.05) is 0 Å². The van der Waals surface area contributed by atoms with Crippen molar-refractivity contribution in [3.63, 3.8) is 0 Å². The maximum atomic E-state index is 13.4. The Morgan fingerprint density at radius 1 is 1.12 bits per heavy atom. The Kier molecular flexibility index (Phi) is 8.22. The summed E-state index contributed by atoms with van der Waals surface area (Å²) in [4.78, 5) is 26.6. The highest BCUT2D eigenvalue weighted by Gasteiger charge is 2.29. The van der Waals surface area contributed by atoms with Crippen LogP contribution in [0.4, 0.5) is 5.95 Å². The lowest BCUT2D eigenvalue weighted by Gasteiger charge is -2.30. The zero-order valence-electron chi connectivity index (χ0n) is 22.6. The zero-order valence-corrected chi connectivity index (χ0v) is 24.2. The Hall–Kier alpha value is -2.95. The van der Waals surface area contributed by atoms with Gasteiger partial charge in [0.2, 0.25) is 16.0 Å². The molecule has 1 aliphatic carbocycles. The van der Waals surface area contributed by atoms with Crippen LogP contribution in [0, 0.1) is 0 Å². The predicted octanol–water partition coefficient (Wildman–Crippen LogP) is 0.799. The maximum absolute atomic E-state index is 13.4. The van der Waals surface area contributed by atoms with Gasteiger partial charge in [-0.25, -0.2) is 31.1 Å². The van der Waals surface area contributed by atoms with Crippen LogP contribution < -0.4 is 10.9 Å². The molecule has 0 unspecified atom stereocenters. The van der Waals surface area contributed by atoms with Gasteiger partial charge in [0, 0.05) is 63.7 Å². The average Bonchev–Trinajstić information content (AvgIpc) is 3.64. The number of aromatic nitrogens is 6. The van der Waals surface area contributed by atoms with Gasteiger partial charge in [-0.1, -0.05) is 0 Å². The fourth-order valence-electron chi connectivity index (χ4n) is 4.82. The van der Waals surface area contributed by atoms with Gasteiger partial charge in [-0.3, -0.25) is 9.36 Å². The first-order valence-electron chi connectivity index (χ1n) is 13.3. The van der Waals surface area contributed by atoms with E-state index >= 15 is 0 Å². The van der Waals surface area contributed by atoms with Crippen LogP contribution >= 0.6 is 0 Å². The summed E-state index contributed by atoms with van der Waals surface area (Å²) in [5.74, 6) is 0.901. The fourth-order valence-corrected chi connectivity index (χ4v) is 6.78. The van der Waals surface area contributed by atoms with Crippen molar-refractivity contribution in [2.24, 2.45) is 0 Å². The Morgan fingerprint density at radius 2 is 1.88 bits per heavy atom. The molecule has 14 nitrogen and oxygen atoms in total. The fraction of sp³-hybridized carbons (Fsp3) is 0.625. The molecule has 3 aromatic rings. The number of fused-ring (bicyclic) bond motifs is 1. The molecule has 16 heteroatoms. The normalized spacial score (nSPS) is 17.4. The van der Waals surface area contributed by atoms with E-state index in [2.05, 4.69) is 25.4 Å². The Morgan fingerprint density at radius 3 is 2.55 bits per heavy atom. The molecule has 40 heavy (non-hydrogen) atoms. The molecule has 1 N–H and O–H groups in total. The van der Waals surface area contributed by atoms with Crippen LogP contribution in [0.15, 0.2) is 23.4 Å². The highest BCUT2D eigenvalue weighted by Crippen LogP contribution is 2.37. The molecular formula is C24H36N8O6S2. The summed E-state index contributed by atoms with van der Waals surface area (Å²) >= 11 is 0. The number of aryl methyl sites for hydroxylation is 1. The van der Waals surface area contributed by atoms with Crippen molar-refractivity contribution in [2.75, 3.05) is 44.1 Å². The highest BCUT2D eigenvalue weighted by molar-refractivity contribution is 7.89. The molecule has 1 saturated heterocycles. The van der Waals surface area contributed by atoms with Crippen LogP contribution in [0.3, 0.4) is 0 Å². The second-order valence-corrected chi connectivity index (χ2v) is 14.3. The predicted molar refractivity (Wildman–Crippen MR) is 150 cm³/mol. The van der Waals surface area contributed by atoms with Crippen molar-refractivity contribution in [1.29, 1.82) is 0 Å². The standard InChI is InChI=1S/C24H34N8O6S2.H2/c1-38-12-8-18-14-19-15-25-24(27-20-6-10-30(11-7-20)39(2,34)35)28-22(19)31(23(18)33)9-3-13-40(36,37)32-16-26-21(29-32)17-4-5-17;/h14-17,20H,3-13H2,1-2H3,(H,25,27,28);1H. The molecule has 0 bridgehead atoms. The molecule has 0 aromatic carbocycles. The number of nitrogens with zero attached hydrogens (tertiary/aromatic N) is 7. The zero-order chi connectivity index (χ0) is 28.5. The first kappa shape index (κ1) is 28.6. The summed E-state index contributed by atoms with van der Waals surface area (Å²) < 4.78 is 58.4. The number of rotatable bonds is 12. The molecular weight excluding hydrogens is 560 g/mol. The third-order valence-electron chi connectivity index (χ3n) is 7.23. The van der Waals surface area contributed by atoms with Gasteiger partial charge in [0.15, 0.2) is 5.82 Å². The minimum absolute atomic E-state index is 0. The van der Waals surface area contributed by atoms with Crippen molar-refractivity contribution in [1.82, 2.24) is 33.0 Å². The molecule has 1 aliphatic heterocycles. The molecule has 1 saturated carbocycles. The average molecular weight is 597 g/mol. The van der Waals surface area contributed by atoms with Gasteiger partial charge in [-0.15, -0.1) is 9.19 Å². The monoisotopic (exact) mass is 596 g/mol. The van der Waals surface area contributed by atoms with Crippen molar-refractivity contribution in [3.8, 4) is 0 Å². The number of anilines is 1. The van der Waals surface area contributed by atoms with Gasteiger partial charge >= 0.3 is 0 Å². The molecule has 220 valence electrons. The summed E-state index contributed by atoms with van der Waals surface area (Å²) in [6, 6.07) is 1.72. The Labute approximate surface area is 234 Å². The first-order valence-corrected chi connectivity index (χ1v) is 16.8. The molecule has 2 aliphatic rings. The van der Waals surface area contributed by atoms with Crippen LogP contribution in [0.2, 0.25) is 0 Å². The molecule has 2 fully saturated rings. The van der Waals surface area contributed by atoms with E-state index in [1.165, 1.54) is 21.5 Å². The summed E-state index contributed by atoms with van der Waals surface area (Å²) in [6.07, 6.45) is 7.77. The Balaban J connectivity index is 0.00000387. The summed E-state index contributed by atoms with van der Waals surface area (Å²) in [5, 5.41) is 8.05. The van der Waals surface area contributed by atoms with Crippen molar-refractivity contribution in [2.45, 2.75) is 57.0 Å². The molecule has 3 aromatic heterocycles. The number of sulfonamides is 1. The summed E-state index contributed by atoms with van der Waals surface area (Å²) in [7, 11) is -5.41.